The lowest BCUT2D eigenvalue weighted by Gasteiger charge is -2.29. The molecule has 1 aromatic rings. The highest BCUT2D eigenvalue weighted by molar-refractivity contribution is 6.33. The van der Waals surface area contributed by atoms with Crippen LogP contribution in [0.1, 0.15) is 32.8 Å². The summed E-state index contributed by atoms with van der Waals surface area (Å²) in [6.45, 7) is 7.40. The number of hydrogen-bond donors (Lipinski definition) is 2. The highest BCUT2D eigenvalue weighted by Crippen LogP contribution is 2.28. The Morgan fingerprint density at radius 1 is 1.47 bits per heavy atom. The third kappa shape index (κ3) is 3.37. The van der Waals surface area contributed by atoms with Gasteiger partial charge in [-0.3, -0.25) is 5.41 Å². The summed E-state index contributed by atoms with van der Waals surface area (Å²) in [5.74, 6) is 0.0463. The molecule has 0 spiro atoms. The number of halogens is 1. The van der Waals surface area contributed by atoms with Crippen LogP contribution in [0.5, 0.6) is 0 Å². The van der Waals surface area contributed by atoms with Gasteiger partial charge >= 0.3 is 0 Å². The molecule has 0 saturated carbocycles. The summed E-state index contributed by atoms with van der Waals surface area (Å²) in [6.07, 6.45) is 1.07. The Kier molecular flexibility index (Phi) is 4.82. The molecule has 0 heterocycles. The first-order chi connectivity index (χ1) is 7.97. The molecule has 0 atom stereocenters. The number of nitrogens with two attached hydrogens (primary N) is 1. The van der Waals surface area contributed by atoms with Crippen molar-refractivity contribution >= 4 is 23.1 Å². The monoisotopic (exact) mass is 253 g/mol. The van der Waals surface area contributed by atoms with Crippen molar-refractivity contribution in [1.29, 1.82) is 5.41 Å². The maximum atomic E-state index is 7.38. The van der Waals surface area contributed by atoms with E-state index in [0.717, 1.165) is 18.7 Å². The van der Waals surface area contributed by atoms with Crippen molar-refractivity contribution in [2.24, 2.45) is 5.73 Å². The Morgan fingerprint density at radius 2 is 2.12 bits per heavy atom. The van der Waals surface area contributed by atoms with Crippen LogP contribution in [0.25, 0.3) is 0 Å². The van der Waals surface area contributed by atoms with E-state index in [1.54, 1.807) is 6.07 Å². The summed E-state index contributed by atoms with van der Waals surface area (Å²) in [6, 6.07) is 5.93. The summed E-state index contributed by atoms with van der Waals surface area (Å²) in [5, 5.41) is 8.03. The average Bonchev–Trinajstić information content (AvgIpc) is 2.26. The van der Waals surface area contributed by atoms with Crippen LogP contribution in [0, 0.1) is 5.41 Å². The fourth-order valence-electron chi connectivity index (χ4n) is 1.81. The molecule has 1 rings (SSSR count). The largest absolute Gasteiger partial charge is 0.384 e. The zero-order valence-corrected chi connectivity index (χ0v) is 11.4. The van der Waals surface area contributed by atoms with E-state index >= 15 is 0 Å². The van der Waals surface area contributed by atoms with E-state index in [1.807, 2.05) is 12.1 Å². The molecule has 0 saturated heterocycles. The Labute approximate surface area is 108 Å². The summed E-state index contributed by atoms with van der Waals surface area (Å²) >= 11 is 6.25. The van der Waals surface area contributed by atoms with E-state index in [4.69, 9.17) is 22.7 Å². The minimum absolute atomic E-state index is 0.0463. The standard InChI is InChI=1S/C13H20ClN3/c1-4-7-17(9(2)3)12-6-5-10(13(15)16)8-11(12)14/h5-6,8-9H,4,7H2,1-3H3,(H3,15,16). The van der Waals surface area contributed by atoms with Crippen molar-refractivity contribution < 1.29 is 0 Å². The molecule has 0 aromatic heterocycles. The number of rotatable bonds is 5. The topological polar surface area (TPSA) is 53.1 Å². The molecule has 0 radical (unpaired) electrons. The highest BCUT2D eigenvalue weighted by atomic mass is 35.5. The Bertz CT molecular complexity index is 402. The van der Waals surface area contributed by atoms with Gasteiger partial charge in [0.05, 0.1) is 10.7 Å². The number of nitrogen functional groups attached to an aromatic ring is 1. The van der Waals surface area contributed by atoms with Crippen LogP contribution < -0.4 is 10.6 Å². The summed E-state index contributed by atoms with van der Waals surface area (Å²) in [4.78, 5) is 2.26. The maximum absolute atomic E-state index is 7.38. The van der Waals surface area contributed by atoms with Crippen molar-refractivity contribution in [1.82, 2.24) is 0 Å². The zero-order valence-electron chi connectivity index (χ0n) is 10.6. The molecular formula is C13H20ClN3. The van der Waals surface area contributed by atoms with Crippen molar-refractivity contribution in [3.63, 3.8) is 0 Å². The van der Waals surface area contributed by atoms with Crippen LogP contribution in [-0.2, 0) is 0 Å². The van der Waals surface area contributed by atoms with Crippen LogP contribution in [0.2, 0.25) is 5.02 Å². The zero-order chi connectivity index (χ0) is 13.0. The fraction of sp³-hybridized carbons (Fsp3) is 0.462. The number of anilines is 1. The second-order valence-corrected chi connectivity index (χ2v) is 4.77. The molecule has 94 valence electrons. The van der Waals surface area contributed by atoms with Crippen molar-refractivity contribution in [3.05, 3.63) is 28.8 Å². The molecule has 3 nitrogen and oxygen atoms in total. The Balaban J connectivity index is 3.08. The first kappa shape index (κ1) is 13.8. The predicted octanol–water partition coefficient (Wildman–Crippen LogP) is 3.25. The van der Waals surface area contributed by atoms with E-state index in [-0.39, 0.29) is 5.84 Å². The molecule has 0 aliphatic heterocycles. The van der Waals surface area contributed by atoms with Gasteiger partial charge in [-0.05, 0) is 38.5 Å². The summed E-state index contributed by atoms with van der Waals surface area (Å²) in [5.41, 5.74) is 7.11. The van der Waals surface area contributed by atoms with E-state index < -0.39 is 0 Å². The third-order valence-corrected chi connectivity index (χ3v) is 2.96. The third-order valence-electron chi connectivity index (χ3n) is 2.66. The maximum Gasteiger partial charge on any atom is 0.122 e. The number of amidine groups is 1. The minimum Gasteiger partial charge on any atom is -0.384 e. The summed E-state index contributed by atoms with van der Waals surface area (Å²) in [7, 11) is 0. The molecule has 0 bridgehead atoms. The van der Waals surface area contributed by atoms with Gasteiger partial charge in [0.2, 0.25) is 0 Å². The lowest BCUT2D eigenvalue weighted by atomic mass is 10.1. The van der Waals surface area contributed by atoms with Gasteiger partial charge in [-0.15, -0.1) is 0 Å². The van der Waals surface area contributed by atoms with E-state index in [2.05, 4.69) is 25.7 Å². The molecule has 0 fully saturated rings. The SMILES string of the molecule is CCCN(c1ccc(C(=N)N)cc1Cl)C(C)C. The van der Waals surface area contributed by atoms with E-state index in [9.17, 15) is 0 Å². The van der Waals surface area contributed by atoms with Gasteiger partial charge in [0, 0.05) is 18.2 Å². The quantitative estimate of drug-likeness (QED) is 0.625. The average molecular weight is 254 g/mol. The van der Waals surface area contributed by atoms with Crippen molar-refractivity contribution in [2.75, 3.05) is 11.4 Å². The number of benzene rings is 1. The van der Waals surface area contributed by atoms with Crippen LogP contribution in [0.4, 0.5) is 5.69 Å². The van der Waals surface area contributed by atoms with Crippen LogP contribution in [0.3, 0.4) is 0 Å². The van der Waals surface area contributed by atoms with Gasteiger partial charge in [0.1, 0.15) is 5.84 Å². The molecular weight excluding hydrogens is 234 g/mol. The van der Waals surface area contributed by atoms with E-state index in [1.165, 1.54) is 0 Å². The molecule has 3 N–H and O–H groups in total. The molecule has 1 aromatic carbocycles. The van der Waals surface area contributed by atoms with Gasteiger partial charge in [-0.1, -0.05) is 18.5 Å². The van der Waals surface area contributed by atoms with Crippen molar-refractivity contribution in [2.45, 2.75) is 33.2 Å². The van der Waals surface area contributed by atoms with Crippen LogP contribution >= 0.6 is 11.6 Å². The second-order valence-electron chi connectivity index (χ2n) is 4.37. The predicted molar refractivity (Wildman–Crippen MR) is 75.2 cm³/mol. The molecule has 0 aliphatic carbocycles. The second kappa shape index (κ2) is 5.92. The van der Waals surface area contributed by atoms with Gasteiger partial charge < -0.3 is 10.6 Å². The number of hydrogen-bond acceptors (Lipinski definition) is 2. The van der Waals surface area contributed by atoms with Gasteiger partial charge in [-0.2, -0.15) is 0 Å². The van der Waals surface area contributed by atoms with Crippen LogP contribution in [-0.4, -0.2) is 18.4 Å². The van der Waals surface area contributed by atoms with Crippen LogP contribution in [0.15, 0.2) is 18.2 Å². The number of nitrogens with zero attached hydrogens (tertiary/aromatic N) is 1. The van der Waals surface area contributed by atoms with E-state index in [0.29, 0.717) is 16.6 Å². The summed E-state index contributed by atoms with van der Waals surface area (Å²) < 4.78 is 0. The minimum atomic E-state index is 0.0463. The first-order valence-corrected chi connectivity index (χ1v) is 6.25. The molecule has 0 amide bonds. The highest BCUT2D eigenvalue weighted by Gasteiger charge is 2.13. The lowest BCUT2D eigenvalue weighted by molar-refractivity contribution is 0.671. The number of nitrogens with one attached hydrogen (secondary N) is 1. The van der Waals surface area contributed by atoms with Crippen molar-refractivity contribution in [3.8, 4) is 0 Å². The lowest BCUT2D eigenvalue weighted by Crippen LogP contribution is -2.31. The molecule has 0 aliphatic rings. The molecule has 4 heteroatoms. The smallest absolute Gasteiger partial charge is 0.122 e. The Morgan fingerprint density at radius 3 is 2.53 bits per heavy atom. The van der Waals surface area contributed by atoms with Gasteiger partial charge in [-0.25, -0.2) is 0 Å². The first-order valence-electron chi connectivity index (χ1n) is 5.88. The fourth-order valence-corrected chi connectivity index (χ4v) is 2.09. The van der Waals surface area contributed by atoms with Gasteiger partial charge in [0.25, 0.3) is 0 Å². The molecule has 17 heavy (non-hydrogen) atoms. The normalized spacial score (nSPS) is 10.6. The Hall–Kier alpha value is -1.22. The van der Waals surface area contributed by atoms with Gasteiger partial charge in [0.15, 0.2) is 0 Å². The molecule has 0 unspecified atom stereocenters.